The molecule has 2 heteroatoms. The van der Waals surface area contributed by atoms with Crippen LogP contribution in [0.4, 0.5) is 0 Å². The molecule has 0 radical (unpaired) electrons. The standard InChI is InChI=1S/C12H23NO/c1-3-12(14)8-4-7-11(12)13-9-5-6-10(13)2/h10-11,14H,3-9H2,1-2H3. The van der Waals surface area contributed by atoms with Gasteiger partial charge in [-0.1, -0.05) is 6.92 Å². The highest BCUT2D eigenvalue weighted by Crippen LogP contribution is 2.39. The summed E-state index contributed by atoms with van der Waals surface area (Å²) in [4.78, 5) is 2.55. The second-order valence-electron chi connectivity index (χ2n) is 5.09. The number of nitrogens with zero attached hydrogens (tertiary/aromatic N) is 1. The molecular weight excluding hydrogens is 174 g/mol. The number of hydrogen-bond acceptors (Lipinski definition) is 2. The van der Waals surface area contributed by atoms with E-state index >= 15 is 0 Å². The average Bonchev–Trinajstić information content (AvgIpc) is 2.73. The van der Waals surface area contributed by atoms with Crippen LogP contribution >= 0.6 is 0 Å². The third-order valence-corrected chi connectivity index (χ3v) is 4.32. The smallest absolute Gasteiger partial charge is 0.0799 e. The molecule has 82 valence electrons. The van der Waals surface area contributed by atoms with Crippen molar-refractivity contribution in [3.63, 3.8) is 0 Å². The lowest BCUT2D eigenvalue weighted by molar-refractivity contribution is -0.0332. The molecular formula is C12H23NO. The Morgan fingerprint density at radius 1 is 1.36 bits per heavy atom. The molecule has 3 atom stereocenters. The van der Waals surface area contributed by atoms with Gasteiger partial charge >= 0.3 is 0 Å². The van der Waals surface area contributed by atoms with Crippen LogP contribution in [0.15, 0.2) is 0 Å². The van der Waals surface area contributed by atoms with Gasteiger partial charge in [0.15, 0.2) is 0 Å². The Morgan fingerprint density at radius 3 is 2.71 bits per heavy atom. The zero-order chi connectivity index (χ0) is 10.2. The molecule has 2 aliphatic rings. The van der Waals surface area contributed by atoms with Gasteiger partial charge in [-0.25, -0.2) is 0 Å². The van der Waals surface area contributed by atoms with Crippen LogP contribution in [0.1, 0.15) is 52.4 Å². The molecule has 1 aliphatic heterocycles. The lowest BCUT2D eigenvalue weighted by Gasteiger charge is -2.38. The third-order valence-electron chi connectivity index (χ3n) is 4.32. The van der Waals surface area contributed by atoms with E-state index in [1.54, 1.807) is 0 Å². The molecule has 0 bridgehead atoms. The summed E-state index contributed by atoms with van der Waals surface area (Å²) >= 11 is 0. The maximum atomic E-state index is 10.5. The first-order chi connectivity index (χ1) is 6.67. The summed E-state index contributed by atoms with van der Waals surface area (Å²) in [7, 11) is 0. The summed E-state index contributed by atoms with van der Waals surface area (Å²) in [5.41, 5.74) is -0.376. The molecule has 0 aromatic carbocycles. The Morgan fingerprint density at radius 2 is 2.14 bits per heavy atom. The largest absolute Gasteiger partial charge is 0.388 e. The Kier molecular flexibility index (Phi) is 2.85. The minimum Gasteiger partial charge on any atom is -0.388 e. The maximum Gasteiger partial charge on any atom is 0.0799 e. The fourth-order valence-electron chi connectivity index (χ4n) is 3.34. The van der Waals surface area contributed by atoms with E-state index in [9.17, 15) is 5.11 Å². The summed E-state index contributed by atoms with van der Waals surface area (Å²) < 4.78 is 0. The van der Waals surface area contributed by atoms with E-state index in [1.807, 2.05) is 0 Å². The van der Waals surface area contributed by atoms with Gasteiger partial charge < -0.3 is 5.11 Å². The van der Waals surface area contributed by atoms with Crippen LogP contribution in [0, 0.1) is 0 Å². The Hall–Kier alpha value is -0.0800. The van der Waals surface area contributed by atoms with Crippen molar-refractivity contribution in [3.05, 3.63) is 0 Å². The number of rotatable bonds is 2. The van der Waals surface area contributed by atoms with Gasteiger partial charge in [-0.05, 0) is 52.0 Å². The summed E-state index contributed by atoms with van der Waals surface area (Å²) in [5, 5.41) is 10.5. The van der Waals surface area contributed by atoms with Gasteiger partial charge in [0, 0.05) is 12.1 Å². The van der Waals surface area contributed by atoms with E-state index in [4.69, 9.17) is 0 Å². The Bertz CT molecular complexity index is 206. The average molecular weight is 197 g/mol. The van der Waals surface area contributed by atoms with E-state index in [2.05, 4.69) is 18.7 Å². The van der Waals surface area contributed by atoms with Gasteiger partial charge in [0.1, 0.15) is 0 Å². The fraction of sp³-hybridized carbons (Fsp3) is 1.00. The number of hydrogen-bond donors (Lipinski definition) is 1. The zero-order valence-corrected chi connectivity index (χ0v) is 9.50. The molecule has 3 unspecified atom stereocenters. The molecule has 2 rings (SSSR count). The highest BCUT2D eigenvalue weighted by atomic mass is 16.3. The van der Waals surface area contributed by atoms with Crippen molar-refractivity contribution in [2.45, 2.75) is 70.1 Å². The molecule has 1 heterocycles. The van der Waals surface area contributed by atoms with Crippen molar-refractivity contribution >= 4 is 0 Å². The molecule has 2 fully saturated rings. The molecule has 1 aliphatic carbocycles. The highest BCUT2D eigenvalue weighted by Gasteiger charge is 2.44. The van der Waals surface area contributed by atoms with Crippen molar-refractivity contribution in [3.8, 4) is 0 Å². The molecule has 1 saturated carbocycles. The van der Waals surface area contributed by atoms with Crippen molar-refractivity contribution in [1.82, 2.24) is 4.90 Å². The Labute approximate surface area is 87.3 Å². The molecule has 2 nitrogen and oxygen atoms in total. The topological polar surface area (TPSA) is 23.5 Å². The molecule has 0 aromatic rings. The number of likely N-dealkylation sites (tertiary alicyclic amines) is 1. The van der Waals surface area contributed by atoms with Crippen molar-refractivity contribution < 1.29 is 5.11 Å². The van der Waals surface area contributed by atoms with Crippen molar-refractivity contribution in [2.75, 3.05) is 6.54 Å². The van der Waals surface area contributed by atoms with E-state index in [1.165, 1.54) is 32.2 Å². The molecule has 1 saturated heterocycles. The minimum absolute atomic E-state index is 0.376. The maximum absolute atomic E-state index is 10.5. The predicted molar refractivity (Wildman–Crippen MR) is 58.3 cm³/mol. The van der Waals surface area contributed by atoms with Gasteiger partial charge in [-0.3, -0.25) is 4.90 Å². The quantitative estimate of drug-likeness (QED) is 0.733. The van der Waals surface area contributed by atoms with Gasteiger partial charge in [0.25, 0.3) is 0 Å². The first kappa shape index (κ1) is 10.4. The zero-order valence-electron chi connectivity index (χ0n) is 9.50. The second kappa shape index (κ2) is 3.82. The fourth-order valence-corrected chi connectivity index (χ4v) is 3.34. The van der Waals surface area contributed by atoms with Gasteiger partial charge in [0.05, 0.1) is 5.60 Å². The summed E-state index contributed by atoms with van der Waals surface area (Å²) in [6.45, 7) is 5.63. The summed E-state index contributed by atoms with van der Waals surface area (Å²) in [5.74, 6) is 0. The first-order valence-electron chi connectivity index (χ1n) is 6.15. The third kappa shape index (κ3) is 1.59. The van der Waals surface area contributed by atoms with Crippen LogP contribution in [0.2, 0.25) is 0 Å². The van der Waals surface area contributed by atoms with Crippen molar-refractivity contribution in [2.24, 2.45) is 0 Å². The van der Waals surface area contributed by atoms with Gasteiger partial charge in [-0.15, -0.1) is 0 Å². The lowest BCUT2D eigenvalue weighted by Crippen LogP contribution is -2.50. The van der Waals surface area contributed by atoms with E-state index in [-0.39, 0.29) is 5.60 Å². The summed E-state index contributed by atoms with van der Waals surface area (Å²) in [6, 6.07) is 1.14. The minimum atomic E-state index is -0.376. The normalized spacial score (nSPS) is 44.8. The summed E-state index contributed by atoms with van der Waals surface area (Å²) in [6.07, 6.45) is 6.97. The van der Waals surface area contributed by atoms with Crippen LogP contribution in [0.5, 0.6) is 0 Å². The van der Waals surface area contributed by atoms with Gasteiger partial charge in [0.2, 0.25) is 0 Å². The molecule has 0 aromatic heterocycles. The SMILES string of the molecule is CCC1(O)CCCC1N1CCCC1C. The van der Waals surface area contributed by atoms with Crippen LogP contribution in [-0.2, 0) is 0 Å². The molecule has 0 amide bonds. The van der Waals surface area contributed by atoms with Crippen molar-refractivity contribution in [1.29, 1.82) is 0 Å². The van der Waals surface area contributed by atoms with Crippen LogP contribution in [0.25, 0.3) is 0 Å². The molecule has 1 N–H and O–H groups in total. The Balaban J connectivity index is 2.09. The van der Waals surface area contributed by atoms with E-state index in [0.717, 1.165) is 12.8 Å². The molecule has 0 spiro atoms. The van der Waals surface area contributed by atoms with E-state index < -0.39 is 0 Å². The monoisotopic (exact) mass is 197 g/mol. The molecule has 14 heavy (non-hydrogen) atoms. The lowest BCUT2D eigenvalue weighted by atomic mass is 9.93. The van der Waals surface area contributed by atoms with Crippen LogP contribution in [-0.4, -0.2) is 34.2 Å². The van der Waals surface area contributed by atoms with E-state index in [0.29, 0.717) is 12.1 Å². The predicted octanol–water partition coefficient (Wildman–Crippen LogP) is 2.16. The van der Waals surface area contributed by atoms with Crippen LogP contribution in [0.3, 0.4) is 0 Å². The highest BCUT2D eigenvalue weighted by molar-refractivity contribution is 5.00. The van der Waals surface area contributed by atoms with Crippen LogP contribution < -0.4 is 0 Å². The van der Waals surface area contributed by atoms with Gasteiger partial charge in [-0.2, -0.15) is 0 Å². The second-order valence-corrected chi connectivity index (χ2v) is 5.09. The number of aliphatic hydroxyl groups is 1. The first-order valence-corrected chi connectivity index (χ1v) is 6.15.